The van der Waals surface area contributed by atoms with Crippen molar-refractivity contribution in [2.45, 2.75) is 25.7 Å². The number of aromatic hydroxyl groups is 2. The second-order valence-electron chi connectivity index (χ2n) is 21.2. The third kappa shape index (κ3) is 12.6. The summed E-state index contributed by atoms with van der Waals surface area (Å²) in [6, 6.07) is 35.1. The monoisotopic (exact) mass is 1230 g/mol. The summed E-state index contributed by atoms with van der Waals surface area (Å²) in [5.74, 6) is 0.702. The van der Waals surface area contributed by atoms with Gasteiger partial charge in [-0.05, 0) is 120 Å². The van der Waals surface area contributed by atoms with Crippen LogP contribution in [0.3, 0.4) is 0 Å². The molecule has 20 nitrogen and oxygen atoms in total. The summed E-state index contributed by atoms with van der Waals surface area (Å²) >= 11 is 12.8. The normalized spacial score (nSPS) is 14.2. The Morgan fingerprint density at radius 3 is 1.66 bits per heavy atom. The number of anilines is 4. The van der Waals surface area contributed by atoms with Crippen LogP contribution in [0.5, 0.6) is 23.0 Å². The van der Waals surface area contributed by atoms with Gasteiger partial charge in [-0.2, -0.15) is 0 Å². The first kappa shape index (κ1) is 60.4. The number of aromatic nitrogens is 4. The molecule has 0 bridgehead atoms. The Bertz CT molecular complexity index is 3980. The number of phenolic OH excluding ortho intramolecular Hbond substituents is 2. The molecule has 0 saturated heterocycles. The number of halogens is 2. The van der Waals surface area contributed by atoms with Gasteiger partial charge in [-0.25, -0.2) is 9.97 Å². The molecule has 4 amide bonds. The van der Waals surface area contributed by atoms with E-state index in [-0.39, 0.29) is 79.1 Å². The Balaban J connectivity index is 0.000000182. The third-order valence-corrected chi connectivity index (χ3v) is 16.1. The summed E-state index contributed by atoms with van der Waals surface area (Å²) in [6.07, 6.45) is 4.85. The number of aromatic amines is 1. The van der Waals surface area contributed by atoms with Crippen molar-refractivity contribution in [3.63, 3.8) is 0 Å². The van der Waals surface area contributed by atoms with E-state index in [0.29, 0.717) is 119 Å². The van der Waals surface area contributed by atoms with Crippen LogP contribution in [0, 0.1) is 13.8 Å². The molecule has 2 aliphatic heterocycles. The summed E-state index contributed by atoms with van der Waals surface area (Å²) < 4.78 is 23.2. The zero-order valence-corrected chi connectivity index (χ0v) is 49.5. The van der Waals surface area contributed by atoms with E-state index < -0.39 is 0 Å². The average Bonchev–Trinajstić information content (AvgIpc) is 1.63. The van der Waals surface area contributed by atoms with Crippen molar-refractivity contribution in [3.8, 4) is 23.0 Å². The number of benzene rings is 6. The maximum Gasteiger partial charge on any atom is 0.278 e. The fourth-order valence-electron chi connectivity index (χ4n) is 11.3. The SMILES string of the molecule is Cc1cccc2c(O)cc3c(c12)[C@H](CCl)CN3C(=O)c1cc2cc(NC(=O)c3ccc(OCCOCCO)cc3)cnc2[nH]1.Cc1cccc2c(O)cc3c(c12)[C@H](CCl)CN3C(=O)c1cn2cc(NC(=O)c3ccc(OCCOCCO)cc3)ccc2n1. The van der Waals surface area contributed by atoms with Crippen LogP contribution >= 0.6 is 23.2 Å². The second-order valence-corrected chi connectivity index (χ2v) is 21.8. The van der Waals surface area contributed by atoms with Crippen molar-refractivity contribution in [2.24, 2.45) is 0 Å². The second kappa shape index (κ2) is 26.8. The highest BCUT2D eigenvalue weighted by Crippen LogP contribution is 2.48. The van der Waals surface area contributed by atoms with Gasteiger partial charge in [-0.1, -0.05) is 36.4 Å². The van der Waals surface area contributed by atoms with Crippen molar-refractivity contribution in [1.29, 1.82) is 0 Å². The molecule has 4 aromatic heterocycles. The molecule has 12 rings (SSSR count). The summed E-state index contributed by atoms with van der Waals surface area (Å²) in [5, 5.41) is 48.8. The highest BCUT2D eigenvalue weighted by Gasteiger charge is 2.38. The summed E-state index contributed by atoms with van der Waals surface area (Å²) in [4.78, 5) is 68.7. The van der Waals surface area contributed by atoms with Gasteiger partial charge in [-0.15, -0.1) is 23.2 Å². The van der Waals surface area contributed by atoms with E-state index >= 15 is 0 Å². The molecule has 452 valence electrons. The van der Waals surface area contributed by atoms with Crippen LogP contribution in [0.2, 0.25) is 0 Å². The number of carbonyl (C=O) groups excluding carboxylic acids is 4. The Kier molecular flexibility index (Phi) is 18.4. The molecule has 0 radical (unpaired) electrons. The minimum absolute atomic E-state index is 0.0381. The lowest BCUT2D eigenvalue weighted by molar-refractivity contribution is 0.0705. The van der Waals surface area contributed by atoms with Crippen LogP contribution in [0.25, 0.3) is 38.2 Å². The van der Waals surface area contributed by atoms with Gasteiger partial charge in [0, 0.05) is 88.5 Å². The van der Waals surface area contributed by atoms with Crippen molar-refractivity contribution < 1.29 is 58.6 Å². The zero-order valence-electron chi connectivity index (χ0n) is 48.0. The fourth-order valence-corrected chi connectivity index (χ4v) is 11.8. The van der Waals surface area contributed by atoms with E-state index in [1.54, 1.807) is 112 Å². The Morgan fingerprint density at radius 2 is 1.14 bits per heavy atom. The van der Waals surface area contributed by atoms with Gasteiger partial charge in [0.2, 0.25) is 0 Å². The first-order valence-electron chi connectivity index (χ1n) is 28.4. The van der Waals surface area contributed by atoms with Gasteiger partial charge in [0.15, 0.2) is 0 Å². The smallest absolute Gasteiger partial charge is 0.278 e. The minimum Gasteiger partial charge on any atom is -0.507 e. The van der Waals surface area contributed by atoms with Crippen molar-refractivity contribution in [3.05, 3.63) is 185 Å². The lowest BCUT2D eigenvalue weighted by Crippen LogP contribution is -2.30. The van der Waals surface area contributed by atoms with E-state index in [0.717, 1.165) is 43.8 Å². The van der Waals surface area contributed by atoms with Crippen LogP contribution in [0.4, 0.5) is 22.7 Å². The zero-order chi connectivity index (χ0) is 61.6. The molecular formula is C66H62Cl2N8O12. The van der Waals surface area contributed by atoms with E-state index in [2.05, 4.69) is 25.6 Å². The number of aryl methyl sites for hydroxylation is 2. The molecule has 22 heteroatoms. The van der Waals surface area contributed by atoms with Crippen LogP contribution in [-0.4, -0.2) is 141 Å². The number of hydrogen-bond donors (Lipinski definition) is 7. The van der Waals surface area contributed by atoms with Crippen molar-refractivity contribution >= 4 is 108 Å². The molecule has 7 N–H and O–H groups in total. The van der Waals surface area contributed by atoms with Gasteiger partial charge in [0.1, 0.15) is 58.9 Å². The molecule has 88 heavy (non-hydrogen) atoms. The standard InChI is InChI=1S/2C33H31ClN4O6/c1-20-3-2-4-25-28(40)15-27-31(30(20)25)22(16-34)17-38(27)33(42)26-19-37-18-23(7-10-29(37)36-26)35-32(41)21-5-8-24(9-6-21)44-14-13-43-12-11-39;1-19-3-2-4-25-28(40)15-27-30(29(19)25)22(16-34)18-38(27)33(42)26-14-21-13-23(17-35-31(21)37-26)36-32(41)20-5-7-24(8-6-20)44-12-11-43-10-9-39/h2-10,15,18-19,22,39-40H,11-14,16-17H2,1H3,(H,35,41);2-8,13-15,17,22,39-40H,9-12,16,18H2,1H3,(H,35,37)(H,36,41)/t2*22-/m11/s1. The Morgan fingerprint density at radius 1 is 0.614 bits per heavy atom. The van der Waals surface area contributed by atoms with Gasteiger partial charge in [0.25, 0.3) is 23.6 Å². The Hall–Kier alpha value is -9.28. The maximum absolute atomic E-state index is 13.8. The topological polar surface area (TPSA) is 263 Å². The first-order chi connectivity index (χ1) is 42.7. The number of aliphatic hydroxyl groups is 2. The molecule has 0 saturated carbocycles. The number of imidazole rings is 1. The van der Waals surface area contributed by atoms with Crippen molar-refractivity contribution in [1.82, 2.24) is 19.4 Å². The molecule has 0 aliphatic carbocycles. The quantitative estimate of drug-likeness (QED) is 0.0277. The van der Waals surface area contributed by atoms with E-state index in [4.69, 9.17) is 52.4 Å². The van der Waals surface area contributed by atoms with Gasteiger partial charge >= 0.3 is 0 Å². The predicted molar refractivity (Wildman–Crippen MR) is 338 cm³/mol. The number of carbonyl (C=O) groups is 4. The molecule has 6 aromatic carbocycles. The largest absolute Gasteiger partial charge is 0.507 e. The molecule has 2 atom stereocenters. The van der Waals surface area contributed by atoms with Gasteiger partial charge in [-0.3, -0.25) is 19.2 Å². The lowest BCUT2D eigenvalue weighted by atomic mass is 9.92. The number of phenols is 2. The number of nitrogens with one attached hydrogen (secondary N) is 3. The highest BCUT2D eigenvalue weighted by atomic mass is 35.5. The summed E-state index contributed by atoms with van der Waals surface area (Å²) in [7, 11) is 0. The minimum atomic E-state index is -0.320. The van der Waals surface area contributed by atoms with Crippen LogP contribution in [0.1, 0.15) is 75.8 Å². The number of rotatable bonds is 20. The molecule has 0 unspecified atom stereocenters. The number of aliphatic hydroxyl groups excluding tert-OH is 2. The first-order valence-corrected chi connectivity index (χ1v) is 29.5. The lowest BCUT2D eigenvalue weighted by Gasteiger charge is -2.18. The predicted octanol–water partition coefficient (Wildman–Crippen LogP) is 10.5. The average molecular weight is 1230 g/mol. The number of hydrogen-bond acceptors (Lipinski definition) is 14. The summed E-state index contributed by atoms with van der Waals surface area (Å²) in [5.41, 5.74) is 8.71. The van der Waals surface area contributed by atoms with Gasteiger partial charge in [0.05, 0.1) is 68.6 Å². The van der Waals surface area contributed by atoms with Gasteiger partial charge < -0.3 is 69.2 Å². The van der Waals surface area contributed by atoms with Crippen LogP contribution < -0.4 is 29.9 Å². The fraction of sp³-hybridized carbons (Fsp3) is 0.242. The van der Waals surface area contributed by atoms with Crippen LogP contribution in [0.15, 0.2) is 140 Å². The van der Waals surface area contributed by atoms with E-state index in [1.807, 2.05) is 50.2 Å². The van der Waals surface area contributed by atoms with E-state index in [1.165, 1.54) is 6.20 Å². The number of ether oxygens (including phenoxy) is 4. The number of pyridine rings is 2. The van der Waals surface area contributed by atoms with Crippen molar-refractivity contribution in [2.75, 3.05) is 98.1 Å². The number of fused-ring (bicyclic) bond motifs is 8. The summed E-state index contributed by atoms with van der Waals surface area (Å²) in [6.45, 7) is 6.54. The highest BCUT2D eigenvalue weighted by molar-refractivity contribution is 6.20. The van der Waals surface area contributed by atoms with Crippen LogP contribution in [-0.2, 0) is 9.47 Å². The maximum atomic E-state index is 13.8. The molecule has 10 aromatic rings. The third-order valence-electron chi connectivity index (χ3n) is 15.4. The number of nitrogens with zero attached hydrogens (tertiary/aromatic N) is 5. The Labute approximate surface area is 514 Å². The molecule has 0 fully saturated rings. The number of amides is 4. The molecule has 0 spiro atoms. The molecule has 2 aliphatic rings. The number of H-pyrrole nitrogens is 1. The number of alkyl halides is 2. The van der Waals surface area contributed by atoms with E-state index in [9.17, 15) is 29.4 Å². The molecule has 6 heterocycles. The molecular weight excluding hydrogens is 1170 g/mol.